The second-order valence-corrected chi connectivity index (χ2v) is 3.71. The molecule has 0 aromatic heterocycles. The quantitative estimate of drug-likeness (QED) is 0.657. The van der Waals surface area contributed by atoms with Crippen LogP contribution in [0.1, 0.15) is 40.5 Å². The zero-order valence-corrected chi connectivity index (χ0v) is 9.82. The number of rotatable bonds is 8. The first-order valence-corrected chi connectivity index (χ1v) is 5.51. The normalized spacial score (nSPS) is 15.9. The van der Waals surface area contributed by atoms with Gasteiger partial charge in [0.15, 0.2) is 0 Å². The van der Waals surface area contributed by atoms with Crippen molar-refractivity contribution in [3.63, 3.8) is 0 Å². The summed E-state index contributed by atoms with van der Waals surface area (Å²) < 4.78 is 11.1. The Bertz CT molecular complexity index is 124. The average Bonchev–Trinajstić information content (AvgIpc) is 2.22. The molecule has 0 saturated heterocycles. The number of aliphatic hydroxyl groups excluding tert-OH is 1. The molecule has 0 heterocycles. The lowest BCUT2D eigenvalue weighted by Gasteiger charge is -2.21. The third-order valence-corrected chi connectivity index (χ3v) is 2.21. The van der Waals surface area contributed by atoms with Crippen LogP contribution in [0.2, 0.25) is 0 Å². The van der Waals surface area contributed by atoms with E-state index in [1.54, 1.807) is 0 Å². The van der Waals surface area contributed by atoms with Crippen LogP contribution in [0.3, 0.4) is 0 Å². The van der Waals surface area contributed by atoms with Gasteiger partial charge in [-0.05, 0) is 26.7 Å². The monoisotopic (exact) mass is 204 g/mol. The van der Waals surface area contributed by atoms with Gasteiger partial charge >= 0.3 is 0 Å². The Labute approximate surface area is 87.4 Å². The topological polar surface area (TPSA) is 38.7 Å². The summed E-state index contributed by atoms with van der Waals surface area (Å²) in [6.45, 7) is 8.72. The lowest BCUT2D eigenvalue weighted by molar-refractivity contribution is -0.0737. The Kier molecular flexibility index (Phi) is 8.14. The first kappa shape index (κ1) is 13.9. The van der Waals surface area contributed by atoms with Crippen LogP contribution >= 0.6 is 0 Å². The van der Waals surface area contributed by atoms with Gasteiger partial charge in [-0.25, -0.2) is 0 Å². The number of hydrogen-bond donors (Lipinski definition) is 1. The van der Waals surface area contributed by atoms with Crippen molar-refractivity contribution in [3.05, 3.63) is 0 Å². The maximum absolute atomic E-state index is 8.76. The van der Waals surface area contributed by atoms with Crippen molar-refractivity contribution in [3.8, 4) is 0 Å². The van der Waals surface area contributed by atoms with Crippen molar-refractivity contribution < 1.29 is 14.6 Å². The highest BCUT2D eigenvalue weighted by Crippen LogP contribution is 2.07. The van der Waals surface area contributed by atoms with Crippen molar-refractivity contribution in [2.45, 2.75) is 58.8 Å². The van der Waals surface area contributed by atoms with E-state index < -0.39 is 0 Å². The van der Waals surface area contributed by atoms with Crippen molar-refractivity contribution in [1.29, 1.82) is 0 Å². The minimum atomic E-state index is -0.0947. The molecule has 0 saturated carbocycles. The van der Waals surface area contributed by atoms with Gasteiger partial charge in [0.05, 0.1) is 31.5 Å². The number of hydrogen-bond acceptors (Lipinski definition) is 3. The summed E-state index contributed by atoms with van der Waals surface area (Å²) in [6, 6.07) is 0. The van der Waals surface area contributed by atoms with Crippen molar-refractivity contribution in [2.75, 3.05) is 13.2 Å². The van der Waals surface area contributed by atoms with E-state index in [4.69, 9.17) is 14.6 Å². The van der Waals surface area contributed by atoms with Gasteiger partial charge in [-0.1, -0.05) is 13.8 Å². The smallest absolute Gasteiger partial charge is 0.0784 e. The molecule has 86 valence electrons. The zero-order chi connectivity index (χ0) is 11.0. The van der Waals surface area contributed by atoms with Gasteiger partial charge in [-0.15, -0.1) is 0 Å². The molecule has 2 atom stereocenters. The SMILES string of the molecule is CCC(CC)OC(C)COC(C)CO. The summed E-state index contributed by atoms with van der Waals surface area (Å²) in [6.07, 6.45) is 2.42. The van der Waals surface area contributed by atoms with Crippen LogP contribution in [0, 0.1) is 0 Å². The Balaban J connectivity index is 3.58. The fraction of sp³-hybridized carbons (Fsp3) is 1.00. The molecule has 0 amide bonds. The molecule has 0 fully saturated rings. The molecule has 0 aromatic carbocycles. The van der Waals surface area contributed by atoms with Crippen LogP contribution in [0.15, 0.2) is 0 Å². The standard InChI is InChI=1S/C11H24O3/c1-5-11(6-2)14-10(4)8-13-9(3)7-12/h9-12H,5-8H2,1-4H3. The molecule has 2 unspecified atom stereocenters. The third-order valence-electron chi connectivity index (χ3n) is 2.21. The van der Waals surface area contributed by atoms with Crippen LogP contribution < -0.4 is 0 Å². The van der Waals surface area contributed by atoms with E-state index in [2.05, 4.69) is 13.8 Å². The van der Waals surface area contributed by atoms with Gasteiger partial charge < -0.3 is 14.6 Å². The minimum absolute atomic E-state index is 0.0672. The first-order chi connectivity index (χ1) is 6.63. The molecule has 14 heavy (non-hydrogen) atoms. The first-order valence-electron chi connectivity index (χ1n) is 5.51. The highest BCUT2D eigenvalue weighted by atomic mass is 16.5. The predicted octanol–water partition coefficient (Wildman–Crippen LogP) is 1.98. The van der Waals surface area contributed by atoms with Crippen LogP contribution in [-0.2, 0) is 9.47 Å². The van der Waals surface area contributed by atoms with Gasteiger partial charge in [0, 0.05) is 0 Å². The van der Waals surface area contributed by atoms with Crippen molar-refractivity contribution in [1.82, 2.24) is 0 Å². The molecule has 0 spiro atoms. The number of aliphatic hydroxyl groups is 1. The highest BCUT2D eigenvalue weighted by molar-refractivity contribution is 4.57. The van der Waals surface area contributed by atoms with Crippen LogP contribution in [0.25, 0.3) is 0 Å². The summed E-state index contributed by atoms with van der Waals surface area (Å²) >= 11 is 0. The van der Waals surface area contributed by atoms with Gasteiger partial charge in [-0.3, -0.25) is 0 Å². The Morgan fingerprint density at radius 3 is 2.07 bits per heavy atom. The molecule has 0 aromatic rings. The van der Waals surface area contributed by atoms with Crippen molar-refractivity contribution >= 4 is 0 Å². The summed E-state index contributed by atoms with van der Waals surface area (Å²) in [4.78, 5) is 0. The molecule has 0 aliphatic rings. The highest BCUT2D eigenvalue weighted by Gasteiger charge is 2.10. The molecule has 3 heteroatoms. The van der Waals surface area contributed by atoms with Crippen LogP contribution in [-0.4, -0.2) is 36.6 Å². The van der Waals surface area contributed by atoms with Gasteiger partial charge in [-0.2, -0.15) is 0 Å². The summed E-state index contributed by atoms with van der Waals surface area (Å²) in [5, 5.41) is 8.76. The van der Waals surface area contributed by atoms with Gasteiger partial charge in [0.25, 0.3) is 0 Å². The third kappa shape index (κ3) is 6.35. The largest absolute Gasteiger partial charge is 0.394 e. The van der Waals surface area contributed by atoms with E-state index in [0.717, 1.165) is 12.8 Å². The average molecular weight is 204 g/mol. The lowest BCUT2D eigenvalue weighted by Crippen LogP contribution is -2.26. The van der Waals surface area contributed by atoms with Crippen LogP contribution in [0.4, 0.5) is 0 Å². The van der Waals surface area contributed by atoms with Gasteiger partial charge in [0.2, 0.25) is 0 Å². The van der Waals surface area contributed by atoms with E-state index in [9.17, 15) is 0 Å². The molecular formula is C11H24O3. The fourth-order valence-corrected chi connectivity index (χ4v) is 1.20. The van der Waals surface area contributed by atoms with E-state index in [1.165, 1.54) is 0 Å². The molecular weight excluding hydrogens is 180 g/mol. The molecule has 3 nitrogen and oxygen atoms in total. The molecule has 0 bridgehead atoms. The maximum Gasteiger partial charge on any atom is 0.0784 e. The van der Waals surface area contributed by atoms with Gasteiger partial charge in [0.1, 0.15) is 0 Å². The van der Waals surface area contributed by atoms with E-state index in [0.29, 0.717) is 12.7 Å². The zero-order valence-electron chi connectivity index (χ0n) is 9.82. The summed E-state index contributed by atoms with van der Waals surface area (Å²) in [7, 11) is 0. The fourth-order valence-electron chi connectivity index (χ4n) is 1.20. The molecule has 0 radical (unpaired) electrons. The second-order valence-electron chi connectivity index (χ2n) is 3.71. The van der Waals surface area contributed by atoms with Crippen LogP contribution in [0.5, 0.6) is 0 Å². The molecule has 0 rings (SSSR count). The summed E-state index contributed by atoms with van der Waals surface area (Å²) in [5.41, 5.74) is 0. The summed E-state index contributed by atoms with van der Waals surface area (Å²) in [5.74, 6) is 0. The minimum Gasteiger partial charge on any atom is -0.394 e. The van der Waals surface area contributed by atoms with Crippen molar-refractivity contribution in [2.24, 2.45) is 0 Å². The van der Waals surface area contributed by atoms with E-state index >= 15 is 0 Å². The Hall–Kier alpha value is -0.120. The second kappa shape index (κ2) is 8.21. The maximum atomic E-state index is 8.76. The lowest BCUT2D eigenvalue weighted by atomic mass is 10.2. The molecule has 1 N–H and O–H groups in total. The Morgan fingerprint density at radius 1 is 1.07 bits per heavy atom. The molecule has 0 aliphatic heterocycles. The number of ether oxygens (including phenoxy) is 2. The molecule has 0 aliphatic carbocycles. The Morgan fingerprint density at radius 2 is 1.64 bits per heavy atom. The predicted molar refractivity (Wildman–Crippen MR) is 57.4 cm³/mol. The van der Waals surface area contributed by atoms with E-state index in [1.807, 2.05) is 13.8 Å². The van der Waals surface area contributed by atoms with E-state index in [-0.39, 0.29) is 18.8 Å².